The number of ether oxygens (including phenoxy) is 2. The molecule has 202 valence electrons. The van der Waals surface area contributed by atoms with E-state index >= 15 is 0 Å². The van der Waals surface area contributed by atoms with Gasteiger partial charge in [-0.25, -0.2) is 9.97 Å². The lowest BCUT2D eigenvalue weighted by molar-refractivity contribution is -0.111. The van der Waals surface area contributed by atoms with Crippen LogP contribution < -0.4 is 15.4 Å². The topological polar surface area (TPSA) is 102 Å². The summed E-state index contributed by atoms with van der Waals surface area (Å²) in [5.41, 5.74) is 3.15. The fourth-order valence-corrected chi connectivity index (χ4v) is 3.95. The SMILES string of the molecule is CCOc1cc2ncnc(NC(COCc3ccccn3)c3ccccc3)c2cc1NC(=O)C=CCN(C)C. The van der Waals surface area contributed by atoms with Gasteiger partial charge < -0.3 is 25.0 Å². The van der Waals surface area contributed by atoms with Gasteiger partial charge >= 0.3 is 0 Å². The number of hydrogen-bond donors (Lipinski definition) is 2. The standard InChI is InChI=1S/C30H34N6O3/c1-4-39-28-18-25-24(17-26(28)34-29(37)14-10-16-36(2)3)30(33-21-32-25)35-27(22-11-6-5-7-12-22)20-38-19-23-13-8-9-15-31-23/h5-15,17-18,21,27H,4,16,19-20H2,1-3H3,(H,34,37)(H,32,33,35). The van der Waals surface area contributed by atoms with Crippen LogP contribution in [0.2, 0.25) is 0 Å². The van der Waals surface area contributed by atoms with Crippen LogP contribution in [-0.2, 0) is 16.1 Å². The van der Waals surface area contributed by atoms with Crippen molar-refractivity contribution in [3.8, 4) is 5.75 Å². The molecule has 1 unspecified atom stereocenters. The maximum Gasteiger partial charge on any atom is 0.248 e. The van der Waals surface area contributed by atoms with Crippen molar-refractivity contribution < 1.29 is 14.3 Å². The van der Waals surface area contributed by atoms with Crippen LogP contribution >= 0.6 is 0 Å². The van der Waals surface area contributed by atoms with Crippen molar-refractivity contribution in [1.82, 2.24) is 19.9 Å². The van der Waals surface area contributed by atoms with Crippen LogP contribution in [0.25, 0.3) is 10.9 Å². The highest BCUT2D eigenvalue weighted by molar-refractivity contribution is 6.03. The monoisotopic (exact) mass is 526 g/mol. The second-order valence-corrected chi connectivity index (χ2v) is 9.12. The van der Waals surface area contributed by atoms with E-state index in [0.29, 0.717) is 49.1 Å². The van der Waals surface area contributed by atoms with E-state index in [-0.39, 0.29) is 11.9 Å². The third kappa shape index (κ3) is 8.07. The number of rotatable bonds is 13. The molecule has 0 saturated heterocycles. The first-order chi connectivity index (χ1) is 19.0. The van der Waals surface area contributed by atoms with Gasteiger partial charge in [0, 0.05) is 30.3 Å². The molecule has 1 atom stereocenters. The van der Waals surface area contributed by atoms with Crippen LogP contribution in [-0.4, -0.2) is 59.6 Å². The summed E-state index contributed by atoms with van der Waals surface area (Å²) >= 11 is 0. The van der Waals surface area contributed by atoms with E-state index in [2.05, 4.69) is 25.6 Å². The highest BCUT2D eigenvalue weighted by Crippen LogP contribution is 2.33. The summed E-state index contributed by atoms with van der Waals surface area (Å²) in [4.78, 5) is 27.9. The molecule has 4 aromatic rings. The normalized spacial score (nSPS) is 12.1. The van der Waals surface area contributed by atoms with Gasteiger partial charge in [0.2, 0.25) is 5.91 Å². The molecule has 0 saturated carbocycles. The fraction of sp³-hybridized carbons (Fsp3) is 0.267. The molecule has 39 heavy (non-hydrogen) atoms. The molecular formula is C30H34N6O3. The number of nitrogens with one attached hydrogen (secondary N) is 2. The Hall–Kier alpha value is -4.34. The molecule has 4 rings (SSSR count). The van der Waals surface area contributed by atoms with E-state index in [4.69, 9.17) is 9.47 Å². The molecule has 2 heterocycles. The van der Waals surface area contributed by atoms with E-state index in [9.17, 15) is 4.79 Å². The van der Waals surface area contributed by atoms with Crippen LogP contribution in [0.5, 0.6) is 5.75 Å². The van der Waals surface area contributed by atoms with Gasteiger partial charge in [-0.2, -0.15) is 0 Å². The summed E-state index contributed by atoms with van der Waals surface area (Å²) in [6.07, 6.45) is 6.59. The van der Waals surface area contributed by atoms with Crippen molar-refractivity contribution in [2.75, 3.05) is 44.5 Å². The summed E-state index contributed by atoms with van der Waals surface area (Å²) < 4.78 is 11.9. The largest absolute Gasteiger partial charge is 0.492 e. The molecule has 2 N–H and O–H groups in total. The maximum atomic E-state index is 12.6. The first-order valence-electron chi connectivity index (χ1n) is 12.9. The Labute approximate surface area is 228 Å². The number of hydrogen-bond acceptors (Lipinski definition) is 8. The Morgan fingerprint density at radius 2 is 1.87 bits per heavy atom. The van der Waals surface area contributed by atoms with Crippen LogP contribution in [0, 0.1) is 0 Å². The number of benzene rings is 2. The number of likely N-dealkylation sites (N-methyl/N-ethyl adjacent to an activating group) is 1. The average Bonchev–Trinajstić information content (AvgIpc) is 2.94. The van der Waals surface area contributed by atoms with Gasteiger partial charge in [0.15, 0.2) is 0 Å². The average molecular weight is 527 g/mol. The van der Waals surface area contributed by atoms with Crippen LogP contribution in [0.1, 0.15) is 24.2 Å². The lowest BCUT2D eigenvalue weighted by atomic mass is 10.1. The molecule has 0 spiro atoms. The number of carbonyl (C=O) groups is 1. The van der Waals surface area contributed by atoms with E-state index in [1.807, 2.05) is 92.7 Å². The lowest BCUT2D eigenvalue weighted by Gasteiger charge is -2.21. The van der Waals surface area contributed by atoms with Gasteiger partial charge in [0.1, 0.15) is 17.9 Å². The lowest BCUT2D eigenvalue weighted by Crippen LogP contribution is -2.18. The van der Waals surface area contributed by atoms with Gasteiger partial charge in [0.25, 0.3) is 0 Å². The first-order valence-corrected chi connectivity index (χ1v) is 12.9. The van der Waals surface area contributed by atoms with Crippen LogP contribution in [0.3, 0.4) is 0 Å². The molecule has 0 aliphatic rings. The van der Waals surface area contributed by atoms with Crippen molar-refractivity contribution in [3.63, 3.8) is 0 Å². The zero-order valence-corrected chi connectivity index (χ0v) is 22.5. The molecule has 0 aliphatic carbocycles. The van der Waals surface area contributed by atoms with Crippen molar-refractivity contribution in [1.29, 1.82) is 0 Å². The summed E-state index contributed by atoms with van der Waals surface area (Å²) in [6.45, 7) is 3.80. The zero-order valence-electron chi connectivity index (χ0n) is 22.5. The number of fused-ring (bicyclic) bond motifs is 1. The van der Waals surface area contributed by atoms with Crippen molar-refractivity contribution in [2.45, 2.75) is 19.6 Å². The quantitative estimate of drug-likeness (QED) is 0.239. The molecule has 2 aromatic carbocycles. The molecule has 9 heteroatoms. The Morgan fingerprint density at radius 1 is 1.05 bits per heavy atom. The Kier molecular flexibility index (Phi) is 9.93. The highest BCUT2D eigenvalue weighted by Gasteiger charge is 2.17. The number of nitrogens with zero attached hydrogens (tertiary/aromatic N) is 4. The summed E-state index contributed by atoms with van der Waals surface area (Å²) in [6, 6.07) is 19.3. The molecule has 0 radical (unpaired) electrons. The van der Waals surface area contributed by atoms with E-state index in [1.54, 1.807) is 6.20 Å². The first kappa shape index (κ1) is 27.7. The van der Waals surface area contributed by atoms with Crippen LogP contribution in [0.15, 0.2) is 85.3 Å². The van der Waals surface area contributed by atoms with Gasteiger partial charge in [0.05, 0.1) is 42.8 Å². The minimum Gasteiger partial charge on any atom is -0.492 e. The second kappa shape index (κ2) is 14.0. The van der Waals surface area contributed by atoms with E-state index < -0.39 is 0 Å². The van der Waals surface area contributed by atoms with Crippen LogP contribution in [0.4, 0.5) is 11.5 Å². The summed E-state index contributed by atoms with van der Waals surface area (Å²) in [7, 11) is 3.89. The van der Waals surface area contributed by atoms with Gasteiger partial charge in [-0.15, -0.1) is 0 Å². The van der Waals surface area contributed by atoms with E-state index in [0.717, 1.165) is 16.6 Å². The minimum atomic E-state index is -0.242. The van der Waals surface area contributed by atoms with Crippen molar-refractivity contribution >= 4 is 28.3 Å². The molecule has 0 fully saturated rings. The van der Waals surface area contributed by atoms with Crippen molar-refractivity contribution in [3.05, 3.63) is 96.6 Å². The third-order valence-electron chi connectivity index (χ3n) is 5.81. The third-order valence-corrected chi connectivity index (χ3v) is 5.81. The zero-order chi connectivity index (χ0) is 27.5. The Bertz CT molecular complexity index is 1380. The predicted molar refractivity (Wildman–Crippen MR) is 154 cm³/mol. The van der Waals surface area contributed by atoms with E-state index in [1.165, 1.54) is 12.4 Å². The van der Waals surface area contributed by atoms with Gasteiger partial charge in [-0.1, -0.05) is 42.5 Å². The number of pyridine rings is 1. The van der Waals surface area contributed by atoms with Gasteiger partial charge in [-0.05, 0) is 44.8 Å². The smallest absolute Gasteiger partial charge is 0.248 e. The Morgan fingerprint density at radius 3 is 2.62 bits per heavy atom. The molecular weight excluding hydrogens is 492 g/mol. The molecule has 0 bridgehead atoms. The summed E-state index contributed by atoms with van der Waals surface area (Å²) in [5.74, 6) is 0.924. The number of aromatic nitrogens is 3. The molecule has 0 aliphatic heterocycles. The predicted octanol–water partition coefficient (Wildman–Crippen LogP) is 4.85. The number of amides is 1. The second-order valence-electron chi connectivity index (χ2n) is 9.12. The van der Waals surface area contributed by atoms with Gasteiger partial charge in [-0.3, -0.25) is 9.78 Å². The fourth-order valence-electron chi connectivity index (χ4n) is 3.95. The number of anilines is 2. The summed E-state index contributed by atoms with van der Waals surface area (Å²) in [5, 5.41) is 7.22. The minimum absolute atomic E-state index is 0.188. The molecule has 1 amide bonds. The number of carbonyl (C=O) groups excluding carboxylic acids is 1. The highest BCUT2D eigenvalue weighted by atomic mass is 16.5. The maximum absolute atomic E-state index is 12.6. The Balaban J connectivity index is 1.61. The van der Waals surface area contributed by atoms with Crippen molar-refractivity contribution in [2.24, 2.45) is 0 Å². The molecule has 2 aromatic heterocycles. The molecule has 9 nitrogen and oxygen atoms in total.